The van der Waals surface area contributed by atoms with Crippen LogP contribution in [-0.2, 0) is 19.4 Å². The number of hydrogen-bond acceptors (Lipinski definition) is 4. The summed E-state index contributed by atoms with van der Waals surface area (Å²) in [5.74, 6) is -2.72. The largest absolute Gasteiger partial charge is 0.474 e. The zero-order valence-corrected chi connectivity index (χ0v) is 11.3. The average Bonchev–Trinajstić information content (AvgIpc) is 2.32. The van der Waals surface area contributed by atoms with E-state index in [0.717, 1.165) is 10.5 Å². The van der Waals surface area contributed by atoms with Gasteiger partial charge in [-0.25, -0.2) is 13.2 Å². The highest BCUT2D eigenvalue weighted by Crippen LogP contribution is 2.34. The van der Waals surface area contributed by atoms with Crippen molar-refractivity contribution in [1.29, 1.82) is 0 Å². The van der Waals surface area contributed by atoms with E-state index in [9.17, 15) is 18.0 Å². The highest BCUT2D eigenvalue weighted by atomic mass is 32.2. The Hall–Kier alpha value is -1.89. The first-order valence-corrected chi connectivity index (χ1v) is 7.19. The molecule has 6 nitrogen and oxygen atoms in total. The number of carbonyl (C=O) groups excluding carboxylic acids is 1. The van der Waals surface area contributed by atoms with E-state index in [1.807, 2.05) is 0 Å². The van der Waals surface area contributed by atoms with Gasteiger partial charge in [-0.2, -0.15) is 0 Å². The number of anilines is 1. The minimum atomic E-state index is -3.52. The summed E-state index contributed by atoms with van der Waals surface area (Å²) in [7, 11) is -3.52. The molecule has 102 valence electrons. The van der Waals surface area contributed by atoms with Gasteiger partial charge >= 0.3 is 11.9 Å². The van der Waals surface area contributed by atoms with E-state index in [1.165, 1.54) is 19.1 Å². The van der Waals surface area contributed by atoms with E-state index >= 15 is 0 Å². The minimum absolute atomic E-state index is 0.00597. The fraction of sp³-hybridized carbons (Fsp3) is 0.333. The Morgan fingerprint density at radius 3 is 2.58 bits per heavy atom. The lowest BCUT2D eigenvalue weighted by molar-refractivity contribution is -0.148. The van der Waals surface area contributed by atoms with Crippen molar-refractivity contribution in [3.63, 3.8) is 0 Å². The molecule has 0 aromatic heterocycles. The molecule has 1 aromatic rings. The second-order valence-corrected chi connectivity index (χ2v) is 6.88. The number of aliphatic carboxylic acids is 1. The maximum absolute atomic E-state index is 12.2. The predicted molar refractivity (Wildman–Crippen MR) is 67.8 cm³/mol. The van der Waals surface area contributed by atoms with Crippen molar-refractivity contribution < 1.29 is 23.1 Å². The molecule has 1 amide bonds. The number of carbonyl (C=O) groups is 2. The van der Waals surface area contributed by atoms with Gasteiger partial charge in [-0.1, -0.05) is 6.07 Å². The average molecular weight is 283 g/mol. The normalized spacial score (nSPS) is 20.7. The molecule has 1 unspecified atom stereocenters. The third-order valence-electron chi connectivity index (χ3n) is 3.11. The van der Waals surface area contributed by atoms with Crippen LogP contribution in [-0.4, -0.2) is 37.2 Å². The second-order valence-electron chi connectivity index (χ2n) is 4.55. The first-order valence-electron chi connectivity index (χ1n) is 5.64. The Balaban J connectivity index is 2.67. The highest BCUT2D eigenvalue weighted by Gasteiger charge is 2.38. The number of nitrogens with zero attached hydrogens (tertiary/aromatic N) is 1. The number of hydrogen-bond donors (Lipinski definition) is 1. The van der Waals surface area contributed by atoms with Gasteiger partial charge in [-0.05, 0) is 31.5 Å². The summed E-state index contributed by atoms with van der Waals surface area (Å²) < 4.78 is 24.3. The standard InChI is InChI=1S/C12H13NO5S/c1-7-3-4-10-9(5-7)13(11(14)12(15)16)6-8(2)19(10,17)18/h3-5,8H,6H2,1-2H3,(H,15,16). The lowest BCUT2D eigenvalue weighted by Crippen LogP contribution is -2.46. The molecule has 1 aliphatic rings. The Labute approximate surface area is 110 Å². The molecule has 0 spiro atoms. The molecular formula is C12H13NO5S. The maximum atomic E-state index is 12.2. The van der Waals surface area contributed by atoms with Crippen LogP contribution in [0.3, 0.4) is 0 Å². The zero-order valence-electron chi connectivity index (χ0n) is 10.5. The Morgan fingerprint density at radius 2 is 2.00 bits per heavy atom. The topological polar surface area (TPSA) is 91.8 Å². The third-order valence-corrected chi connectivity index (χ3v) is 5.28. The molecule has 0 saturated carbocycles. The number of aryl methyl sites for hydroxylation is 1. The number of carboxylic acids is 1. The van der Waals surface area contributed by atoms with Crippen LogP contribution in [0.5, 0.6) is 0 Å². The quantitative estimate of drug-likeness (QED) is 0.703. The SMILES string of the molecule is Cc1ccc2c(c1)N(C(=O)C(=O)O)CC(C)S2(=O)=O. The third kappa shape index (κ3) is 2.10. The van der Waals surface area contributed by atoms with Gasteiger partial charge in [0.2, 0.25) is 0 Å². The summed E-state index contributed by atoms with van der Waals surface area (Å²) >= 11 is 0. The van der Waals surface area contributed by atoms with Crippen LogP contribution < -0.4 is 4.90 Å². The van der Waals surface area contributed by atoms with Crippen molar-refractivity contribution in [3.05, 3.63) is 23.8 Å². The smallest absolute Gasteiger partial charge is 0.394 e. The molecule has 1 aliphatic heterocycles. The van der Waals surface area contributed by atoms with Gasteiger partial charge in [0.05, 0.1) is 15.8 Å². The van der Waals surface area contributed by atoms with Crippen LogP contribution >= 0.6 is 0 Å². The monoisotopic (exact) mass is 283 g/mol. The molecule has 0 fully saturated rings. The summed E-state index contributed by atoms with van der Waals surface area (Å²) in [6.45, 7) is 3.05. The van der Waals surface area contributed by atoms with Gasteiger partial charge in [0.1, 0.15) is 0 Å². The van der Waals surface area contributed by atoms with Crippen LogP contribution in [0.25, 0.3) is 0 Å². The van der Waals surface area contributed by atoms with Gasteiger partial charge in [0.15, 0.2) is 9.84 Å². The van der Waals surface area contributed by atoms with Crippen LogP contribution in [0.1, 0.15) is 12.5 Å². The molecule has 1 aromatic carbocycles. The van der Waals surface area contributed by atoms with Crippen LogP contribution in [0.15, 0.2) is 23.1 Å². The van der Waals surface area contributed by atoms with Gasteiger partial charge in [-0.15, -0.1) is 0 Å². The first kappa shape index (κ1) is 13.5. The minimum Gasteiger partial charge on any atom is -0.474 e. The fourth-order valence-electron chi connectivity index (χ4n) is 2.06. The van der Waals surface area contributed by atoms with Crippen LogP contribution in [0.4, 0.5) is 5.69 Å². The van der Waals surface area contributed by atoms with Gasteiger partial charge in [0.25, 0.3) is 0 Å². The first-order chi connectivity index (χ1) is 8.75. The summed E-state index contributed by atoms with van der Waals surface area (Å²) in [6, 6.07) is 4.55. The van der Waals surface area contributed by atoms with E-state index in [2.05, 4.69) is 0 Å². The predicted octanol–water partition coefficient (Wildman–Crippen LogP) is 0.588. The van der Waals surface area contributed by atoms with Crippen LogP contribution in [0, 0.1) is 6.92 Å². The highest BCUT2D eigenvalue weighted by molar-refractivity contribution is 7.92. The number of carboxylic acid groups (broad SMARTS) is 1. The van der Waals surface area contributed by atoms with Crippen LogP contribution in [0.2, 0.25) is 0 Å². The van der Waals surface area contributed by atoms with E-state index in [1.54, 1.807) is 13.0 Å². The second kappa shape index (κ2) is 4.34. The van der Waals surface area contributed by atoms with Crippen molar-refractivity contribution in [3.8, 4) is 0 Å². The molecule has 0 aliphatic carbocycles. The summed E-state index contributed by atoms with van der Waals surface area (Å²) in [6.07, 6.45) is 0. The molecule has 19 heavy (non-hydrogen) atoms. The molecule has 7 heteroatoms. The van der Waals surface area contributed by atoms with E-state index in [4.69, 9.17) is 5.11 Å². The number of benzene rings is 1. The number of amides is 1. The molecular weight excluding hydrogens is 270 g/mol. The number of sulfone groups is 1. The maximum Gasteiger partial charge on any atom is 0.394 e. The van der Waals surface area contributed by atoms with Crippen molar-refractivity contribution >= 4 is 27.4 Å². The summed E-state index contributed by atoms with van der Waals surface area (Å²) in [5.41, 5.74) is 0.900. The molecule has 1 heterocycles. The number of fused-ring (bicyclic) bond motifs is 1. The summed E-state index contributed by atoms with van der Waals surface area (Å²) in [5, 5.41) is 7.98. The Bertz CT molecular complexity index is 665. The molecule has 2 rings (SSSR count). The number of rotatable bonds is 0. The molecule has 1 N–H and O–H groups in total. The fourth-order valence-corrected chi connectivity index (χ4v) is 3.55. The molecule has 0 saturated heterocycles. The van der Waals surface area contributed by atoms with Crippen molar-refractivity contribution in [2.75, 3.05) is 11.4 Å². The molecule has 0 radical (unpaired) electrons. The lowest BCUT2D eigenvalue weighted by Gasteiger charge is -2.32. The van der Waals surface area contributed by atoms with Gasteiger partial charge in [-0.3, -0.25) is 4.79 Å². The van der Waals surface area contributed by atoms with E-state index in [0.29, 0.717) is 0 Å². The van der Waals surface area contributed by atoms with E-state index in [-0.39, 0.29) is 17.1 Å². The summed E-state index contributed by atoms with van der Waals surface area (Å²) in [4.78, 5) is 23.5. The zero-order chi connectivity index (χ0) is 14.4. The molecule has 0 bridgehead atoms. The lowest BCUT2D eigenvalue weighted by atomic mass is 10.2. The van der Waals surface area contributed by atoms with Gasteiger partial charge < -0.3 is 10.0 Å². The van der Waals surface area contributed by atoms with Crippen molar-refractivity contribution in [1.82, 2.24) is 0 Å². The van der Waals surface area contributed by atoms with Crippen molar-refractivity contribution in [2.24, 2.45) is 0 Å². The van der Waals surface area contributed by atoms with Gasteiger partial charge in [0, 0.05) is 6.54 Å². The van der Waals surface area contributed by atoms with E-state index < -0.39 is 27.0 Å². The Kier molecular flexibility index (Phi) is 3.09. The van der Waals surface area contributed by atoms with Crippen molar-refractivity contribution in [2.45, 2.75) is 24.0 Å². The molecule has 1 atom stereocenters. The Morgan fingerprint density at radius 1 is 1.37 bits per heavy atom.